The van der Waals surface area contributed by atoms with Gasteiger partial charge in [0.2, 0.25) is 5.91 Å². The summed E-state index contributed by atoms with van der Waals surface area (Å²) in [6.45, 7) is 14.0. The number of halogens is 1. The van der Waals surface area contributed by atoms with Crippen molar-refractivity contribution in [1.82, 2.24) is 4.90 Å². The first kappa shape index (κ1) is 31.6. The molecule has 2 amide bonds. The van der Waals surface area contributed by atoms with Crippen LogP contribution in [0.1, 0.15) is 52.9 Å². The fourth-order valence-corrected chi connectivity index (χ4v) is 9.57. The number of carbonyl (C=O) groups is 3. The number of allylic oxidation sites excluding steroid dienone is 1. The zero-order valence-corrected chi connectivity index (χ0v) is 25.9. The zero-order valence-electron chi connectivity index (χ0n) is 24.3. The monoisotopic (exact) mass is 602 g/mol. The maximum atomic E-state index is 14.8. The normalized spacial score (nSPS) is 29.6. The lowest BCUT2D eigenvalue weighted by molar-refractivity contribution is -0.155. The third-order valence-electron chi connectivity index (χ3n) is 9.30. The predicted molar refractivity (Wildman–Crippen MR) is 165 cm³/mol. The van der Waals surface area contributed by atoms with Gasteiger partial charge in [0.15, 0.2) is 0 Å². The number of anilines is 1. The van der Waals surface area contributed by atoms with E-state index in [1.54, 1.807) is 51.9 Å². The molecule has 1 aromatic carbocycles. The molecular weight excluding hydrogens is 560 g/mol. The maximum Gasteiger partial charge on any atom is 0.310 e. The molecule has 2 bridgehead atoms. The first-order valence-corrected chi connectivity index (χ1v) is 16.0. The van der Waals surface area contributed by atoms with Crippen LogP contribution in [0, 0.1) is 23.7 Å². The average Bonchev–Trinajstić information content (AvgIpc) is 3.56. The van der Waals surface area contributed by atoms with Crippen LogP contribution < -0.4 is 4.90 Å². The van der Waals surface area contributed by atoms with E-state index >= 15 is 0 Å². The number of thioether (sulfide) groups is 1. The largest absolute Gasteiger partial charge is 0.465 e. The Labute approximate surface area is 253 Å². The first-order chi connectivity index (χ1) is 19.7. The quantitative estimate of drug-likeness (QED) is 0.172. The summed E-state index contributed by atoms with van der Waals surface area (Å²) in [5.41, 5.74) is 0.649. The summed E-state index contributed by atoms with van der Waals surface area (Å²) in [6, 6.07) is 5.63. The minimum Gasteiger partial charge on any atom is -0.465 e. The Hall–Kier alpha value is -2.29. The van der Waals surface area contributed by atoms with E-state index in [0.29, 0.717) is 17.3 Å². The molecule has 1 N–H and O–H groups in total. The van der Waals surface area contributed by atoms with Gasteiger partial charge in [-0.25, -0.2) is 0 Å². The number of amides is 2. The number of aliphatic hydroxyl groups is 1. The minimum absolute atomic E-state index is 0.00844. The highest BCUT2D eigenvalue weighted by atomic mass is 35.5. The number of hydrogen-bond acceptors (Lipinski definition) is 6. The van der Waals surface area contributed by atoms with E-state index in [0.717, 1.165) is 32.1 Å². The van der Waals surface area contributed by atoms with Gasteiger partial charge in [-0.1, -0.05) is 50.9 Å². The molecule has 8 atom stereocenters. The third-order valence-corrected chi connectivity index (χ3v) is 11.6. The first-order valence-electron chi connectivity index (χ1n) is 14.7. The number of ether oxygens (including phenoxy) is 1. The van der Waals surface area contributed by atoms with Crippen LogP contribution in [0.5, 0.6) is 0 Å². The van der Waals surface area contributed by atoms with Crippen LogP contribution >= 0.6 is 23.4 Å². The molecule has 0 radical (unpaired) electrons. The highest BCUT2D eigenvalue weighted by Gasteiger charge is 2.77. The van der Waals surface area contributed by atoms with Gasteiger partial charge in [-0.05, 0) is 61.8 Å². The molecule has 9 heteroatoms. The number of hydrogen-bond donors (Lipinski definition) is 1. The molecule has 3 fully saturated rings. The summed E-state index contributed by atoms with van der Waals surface area (Å²) in [5, 5.41) is 11.1. The fourth-order valence-electron chi connectivity index (χ4n) is 7.06. The SMILES string of the molecule is C=CCCCCOC(=O)[C@@H]1[C@@H]2CC(C)C3(S2)C(C(=O)N(CC=C)c2ccc(Cl)cc2)N([C@@H](CO)[C@@H](C)CC)C(=O)[C@H]13. The van der Waals surface area contributed by atoms with Crippen LogP contribution in [0.3, 0.4) is 0 Å². The van der Waals surface area contributed by atoms with E-state index in [1.807, 2.05) is 19.9 Å². The van der Waals surface area contributed by atoms with Gasteiger partial charge in [0.05, 0.1) is 35.8 Å². The van der Waals surface area contributed by atoms with Crippen molar-refractivity contribution < 1.29 is 24.2 Å². The predicted octanol–water partition coefficient (Wildman–Crippen LogP) is 5.50. The molecule has 3 aliphatic rings. The molecule has 0 saturated carbocycles. The van der Waals surface area contributed by atoms with Gasteiger partial charge in [-0.15, -0.1) is 24.9 Å². The Morgan fingerprint density at radius 3 is 2.59 bits per heavy atom. The molecule has 3 aliphatic heterocycles. The lowest BCUT2D eigenvalue weighted by atomic mass is 9.66. The molecule has 1 aromatic rings. The third kappa shape index (κ3) is 5.59. The van der Waals surface area contributed by atoms with Crippen molar-refractivity contribution in [2.24, 2.45) is 23.7 Å². The van der Waals surface area contributed by atoms with Crippen LogP contribution in [0.25, 0.3) is 0 Å². The second kappa shape index (κ2) is 13.3. The van der Waals surface area contributed by atoms with Crippen molar-refractivity contribution in [3.05, 3.63) is 54.6 Å². The number of nitrogens with zero attached hydrogens (tertiary/aromatic N) is 2. The van der Waals surface area contributed by atoms with Crippen LogP contribution in [-0.4, -0.2) is 69.6 Å². The molecular formula is C32H43ClN2O5S. The molecule has 0 aromatic heterocycles. The standard InChI is InChI=1S/C32H43ClN2O5S/c1-6-9-10-11-17-40-31(39)26-25-18-21(5)32(41-25)27(26)29(37)35(24(19-36)20(4)8-3)28(32)30(38)34(16-7-2)23-14-12-22(33)13-15-23/h6-7,12-15,20-21,24-28,36H,1-2,8-11,16-19H2,3-5H3/t20-,21?,24-,25-,26+,27-,28?,32?/m0/s1. The summed E-state index contributed by atoms with van der Waals surface area (Å²) >= 11 is 7.76. The van der Waals surface area contributed by atoms with E-state index in [2.05, 4.69) is 20.1 Å². The van der Waals surface area contributed by atoms with Gasteiger partial charge in [0.1, 0.15) is 6.04 Å². The van der Waals surface area contributed by atoms with Crippen molar-refractivity contribution >= 4 is 46.8 Å². The number of unbranched alkanes of at least 4 members (excludes halogenated alkanes) is 2. The van der Waals surface area contributed by atoms with Crippen LogP contribution in [0.15, 0.2) is 49.6 Å². The van der Waals surface area contributed by atoms with E-state index in [9.17, 15) is 19.5 Å². The highest BCUT2D eigenvalue weighted by molar-refractivity contribution is 8.02. The van der Waals surface area contributed by atoms with E-state index < -0.39 is 28.7 Å². The topological polar surface area (TPSA) is 87.2 Å². The number of fused-ring (bicyclic) bond motifs is 1. The van der Waals surface area contributed by atoms with Crippen molar-refractivity contribution in [1.29, 1.82) is 0 Å². The molecule has 41 heavy (non-hydrogen) atoms. The Bertz CT molecular complexity index is 1150. The number of carbonyl (C=O) groups excluding carboxylic acids is 3. The summed E-state index contributed by atoms with van der Waals surface area (Å²) in [4.78, 5) is 46.1. The molecule has 3 saturated heterocycles. The van der Waals surface area contributed by atoms with E-state index in [4.69, 9.17) is 16.3 Å². The minimum atomic E-state index is -0.850. The molecule has 3 unspecified atom stereocenters. The molecule has 0 aliphatic carbocycles. The van der Waals surface area contributed by atoms with Crippen molar-refractivity contribution in [3.63, 3.8) is 0 Å². The second-order valence-electron chi connectivity index (χ2n) is 11.6. The summed E-state index contributed by atoms with van der Waals surface area (Å²) in [7, 11) is 0. The Morgan fingerprint density at radius 2 is 1.98 bits per heavy atom. The van der Waals surface area contributed by atoms with Crippen LogP contribution in [0.4, 0.5) is 5.69 Å². The van der Waals surface area contributed by atoms with Gasteiger partial charge in [0.25, 0.3) is 5.91 Å². The van der Waals surface area contributed by atoms with Gasteiger partial charge in [-0.3, -0.25) is 14.4 Å². The molecule has 224 valence electrons. The summed E-state index contributed by atoms with van der Waals surface area (Å²) in [5.74, 6) is -2.17. The molecule has 1 spiro atoms. The smallest absolute Gasteiger partial charge is 0.310 e. The zero-order chi connectivity index (χ0) is 29.9. The number of aliphatic hydroxyl groups excluding tert-OH is 1. The van der Waals surface area contributed by atoms with Crippen molar-refractivity contribution in [2.75, 3.05) is 24.7 Å². The van der Waals surface area contributed by atoms with Gasteiger partial charge in [0, 0.05) is 22.5 Å². The molecule has 3 heterocycles. The van der Waals surface area contributed by atoms with Crippen molar-refractivity contribution in [2.45, 2.75) is 75.0 Å². The number of esters is 1. The Morgan fingerprint density at radius 1 is 1.27 bits per heavy atom. The van der Waals surface area contributed by atoms with Crippen molar-refractivity contribution in [3.8, 4) is 0 Å². The number of rotatable bonds is 14. The fraction of sp³-hybridized carbons (Fsp3) is 0.594. The molecule has 4 rings (SSSR count). The Kier molecular flexibility index (Phi) is 10.3. The highest BCUT2D eigenvalue weighted by Crippen LogP contribution is 2.69. The molecule has 7 nitrogen and oxygen atoms in total. The van der Waals surface area contributed by atoms with Gasteiger partial charge >= 0.3 is 5.97 Å². The van der Waals surface area contributed by atoms with E-state index in [-0.39, 0.29) is 48.0 Å². The average molecular weight is 603 g/mol. The summed E-state index contributed by atoms with van der Waals surface area (Å²) < 4.78 is 4.93. The lowest BCUT2D eigenvalue weighted by Crippen LogP contribution is -2.60. The summed E-state index contributed by atoms with van der Waals surface area (Å²) in [6.07, 6.45) is 7.42. The van der Waals surface area contributed by atoms with Gasteiger partial charge in [-0.2, -0.15) is 0 Å². The lowest BCUT2D eigenvalue weighted by Gasteiger charge is -2.43. The van der Waals surface area contributed by atoms with Gasteiger partial charge < -0.3 is 19.6 Å². The maximum absolute atomic E-state index is 14.8. The number of benzene rings is 1. The van der Waals surface area contributed by atoms with Crippen LogP contribution in [-0.2, 0) is 19.1 Å². The van der Waals surface area contributed by atoms with Crippen LogP contribution in [0.2, 0.25) is 5.02 Å². The Balaban J connectivity index is 1.77. The second-order valence-corrected chi connectivity index (χ2v) is 13.6. The van der Waals surface area contributed by atoms with E-state index in [1.165, 1.54) is 0 Å². The number of likely N-dealkylation sites (tertiary alicyclic amines) is 1.